The fourth-order valence-electron chi connectivity index (χ4n) is 3.42. The second-order valence-electron chi connectivity index (χ2n) is 7.78. The van der Waals surface area contributed by atoms with Crippen molar-refractivity contribution in [3.63, 3.8) is 0 Å². The Morgan fingerprint density at radius 2 is 1.67 bits per heavy atom. The first kappa shape index (κ1) is 21.8. The lowest BCUT2D eigenvalue weighted by Gasteiger charge is -2.05. The van der Waals surface area contributed by atoms with Gasteiger partial charge in [0.25, 0.3) is 5.56 Å². The lowest BCUT2D eigenvalue weighted by Crippen LogP contribution is -2.14. The summed E-state index contributed by atoms with van der Waals surface area (Å²) in [7, 11) is 0. The van der Waals surface area contributed by atoms with Crippen molar-refractivity contribution in [2.45, 2.75) is 20.8 Å². The molecular weight excluding hydrogens is 420 g/mol. The van der Waals surface area contributed by atoms with Crippen molar-refractivity contribution in [3.05, 3.63) is 93.4 Å². The van der Waals surface area contributed by atoms with E-state index in [4.69, 9.17) is 0 Å². The molecule has 0 unspecified atom stereocenters. The minimum absolute atomic E-state index is 0.112. The molecule has 0 aliphatic rings. The van der Waals surface area contributed by atoms with Crippen LogP contribution in [0.5, 0.6) is 5.75 Å². The van der Waals surface area contributed by atoms with Crippen LogP contribution in [0.4, 0.5) is 11.4 Å². The number of carbonyl (C=O) groups is 1. The fourth-order valence-corrected chi connectivity index (χ4v) is 3.42. The molecule has 0 amide bonds. The molecule has 3 aromatic carbocycles. The Labute approximate surface area is 189 Å². The summed E-state index contributed by atoms with van der Waals surface area (Å²) in [5, 5.41) is 30.7. The predicted molar refractivity (Wildman–Crippen MR) is 125 cm³/mol. The average molecular weight is 442 g/mol. The van der Waals surface area contributed by atoms with Gasteiger partial charge < -0.3 is 10.2 Å². The number of carboxylic acid groups (broad SMARTS) is 1. The first-order valence-electron chi connectivity index (χ1n) is 10.2. The number of nitrogens with one attached hydrogen (secondary N) is 1. The highest BCUT2D eigenvalue weighted by Gasteiger charge is 2.13. The number of carboxylic acids is 1. The van der Waals surface area contributed by atoms with E-state index in [9.17, 15) is 19.8 Å². The van der Waals surface area contributed by atoms with Gasteiger partial charge in [0.1, 0.15) is 11.4 Å². The van der Waals surface area contributed by atoms with Gasteiger partial charge in [0.05, 0.1) is 16.9 Å². The Morgan fingerprint density at radius 3 is 2.39 bits per heavy atom. The summed E-state index contributed by atoms with van der Waals surface area (Å²) in [6, 6.07) is 16.8. The van der Waals surface area contributed by atoms with Gasteiger partial charge in [-0.3, -0.25) is 9.89 Å². The predicted octanol–water partition coefficient (Wildman–Crippen LogP) is 5.58. The third-order valence-corrected chi connectivity index (χ3v) is 5.47. The van der Waals surface area contributed by atoms with E-state index >= 15 is 0 Å². The third kappa shape index (κ3) is 4.31. The molecule has 3 N–H and O–H groups in total. The normalized spacial score (nSPS) is 11.2. The lowest BCUT2D eigenvalue weighted by atomic mass is 10.0. The number of phenols is 1. The zero-order valence-corrected chi connectivity index (χ0v) is 18.3. The van der Waals surface area contributed by atoms with Crippen LogP contribution in [0.2, 0.25) is 0 Å². The highest BCUT2D eigenvalue weighted by molar-refractivity contribution is 5.89. The number of rotatable bonds is 5. The number of benzene rings is 3. The van der Waals surface area contributed by atoms with Gasteiger partial charge in [-0.15, -0.1) is 10.2 Å². The van der Waals surface area contributed by atoms with Gasteiger partial charge in [0.15, 0.2) is 5.69 Å². The number of aromatic hydroxyl groups is 1. The van der Waals surface area contributed by atoms with Gasteiger partial charge in [-0.1, -0.05) is 24.3 Å². The summed E-state index contributed by atoms with van der Waals surface area (Å²) in [6.07, 6.45) is 0. The second-order valence-corrected chi connectivity index (χ2v) is 7.78. The van der Waals surface area contributed by atoms with Crippen molar-refractivity contribution in [1.82, 2.24) is 9.78 Å². The van der Waals surface area contributed by atoms with E-state index in [2.05, 4.69) is 15.3 Å². The molecule has 0 aliphatic heterocycles. The van der Waals surface area contributed by atoms with Gasteiger partial charge in [0.2, 0.25) is 0 Å². The van der Waals surface area contributed by atoms with Crippen molar-refractivity contribution < 1.29 is 15.0 Å². The zero-order chi connectivity index (χ0) is 23.7. The maximum Gasteiger partial charge on any atom is 0.335 e. The Bertz CT molecular complexity index is 1460. The number of hydrogen-bond acceptors (Lipinski definition) is 5. The molecule has 0 saturated carbocycles. The molecule has 0 fully saturated rings. The van der Waals surface area contributed by atoms with Crippen molar-refractivity contribution in [2.24, 2.45) is 10.2 Å². The number of hydrogen-bond donors (Lipinski definition) is 3. The van der Waals surface area contributed by atoms with Gasteiger partial charge in [-0.25, -0.2) is 9.48 Å². The fraction of sp³-hybridized carbons (Fsp3) is 0.120. The smallest absolute Gasteiger partial charge is 0.335 e. The number of aromatic carboxylic acids is 1. The summed E-state index contributed by atoms with van der Waals surface area (Å²) < 4.78 is 1.41. The Morgan fingerprint density at radius 1 is 0.909 bits per heavy atom. The summed E-state index contributed by atoms with van der Waals surface area (Å²) in [6.45, 7) is 5.70. The van der Waals surface area contributed by atoms with Crippen LogP contribution >= 0.6 is 0 Å². The van der Waals surface area contributed by atoms with Crippen LogP contribution < -0.4 is 5.56 Å². The van der Waals surface area contributed by atoms with Crippen LogP contribution in [0.15, 0.2) is 75.7 Å². The van der Waals surface area contributed by atoms with E-state index < -0.39 is 5.97 Å². The number of H-pyrrole nitrogens is 1. The molecular formula is C25H22N4O4. The molecule has 166 valence electrons. The van der Waals surface area contributed by atoms with Crippen LogP contribution in [0.25, 0.3) is 16.8 Å². The number of aryl methyl sites for hydroxylation is 3. The van der Waals surface area contributed by atoms with Gasteiger partial charge in [-0.05, 0) is 79.4 Å². The highest BCUT2D eigenvalue weighted by atomic mass is 16.4. The molecule has 8 nitrogen and oxygen atoms in total. The van der Waals surface area contributed by atoms with E-state index in [0.29, 0.717) is 22.5 Å². The van der Waals surface area contributed by atoms with Crippen LogP contribution in [-0.4, -0.2) is 26.0 Å². The molecule has 33 heavy (non-hydrogen) atoms. The van der Waals surface area contributed by atoms with E-state index in [0.717, 1.165) is 11.1 Å². The van der Waals surface area contributed by atoms with Crippen molar-refractivity contribution >= 4 is 17.3 Å². The Hall–Kier alpha value is -4.46. The molecule has 0 atom stereocenters. The third-order valence-electron chi connectivity index (χ3n) is 5.47. The van der Waals surface area contributed by atoms with E-state index in [1.165, 1.54) is 22.9 Å². The minimum atomic E-state index is -1.03. The minimum Gasteiger partial charge on any atom is -0.506 e. The summed E-state index contributed by atoms with van der Waals surface area (Å²) >= 11 is 0. The summed E-state index contributed by atoms with van der Waals surface area (Å²) in [5.41, 5.74) is 4.80. The standard InChI is InChI=1S/C25H22N4O4/c1-14-7-9-20(11-15(14)2)29-24(31)23(16(3)28-29)27-26-21-13-18(8-10-22(21)30)17-5-4-6-19(12-17)25(32)33/h4-13,28,30H,1-3H3,(H,32,33). The largest absolute Gasteiger partial charge is 0.506 e. The van der Waals surface area contributed by atoms with Gasteiger partial charge in [-0.2, -0.15) is 0 Å². The second kappa shape index (κ2) is 8.58. The number of azo groups is 1. The molecule has 1 aromatic heterocycles. The number of phenolic OH excluding ortho intramolecular Hbond substituents is 1. The molecule has 0 spiro atoms. The molecule has 4 aromatic rings. The van der Waals surface area contributed by atoms with Gasteiger partial charge in [0, 0.05) is 0 Å². The molecule has 4 rings (SSSR count). The van der Waals surface area contributed by atoms with Crippen molar-refractivity contribution in [2.75, 3.05) is 0 Å². The van der Waals surface area contributed by atoms with Crippen LogP contribution in [-0.2, 0) is 0 Å². The van der Waals surface area contributed by atoms with Crippen molar-refractivity contribution in [3.8, 4) is 22.6 Å². The molecule has 0 saturated heterocycles. The van der Waals surface area contributed by atoms with E-state index in [1.807, 2.05) is 32.0 Å². The average Bonchev–Trinajstić information content (AvgIpc) is 3.08. The molecule has 0 bridgehead atoms. The number of nitrogens with zero attached hydrogens (tertiary/aromatic N) is 3. The van der Waals surface area contributed by atoms with Crippen molar-refractivity contribution in [1.29, 1.82) is 0 Å². The molecule has 1 heterocycles. The number of aromatic nitrogens is 2. The molecule has 0 radical (unpaired) electrons. The van der Waals surface area contributed by atoms with E-state index in [1.54, 1.807) is 31.2 Å². The SMILES string of the molecule is Cc1ccc(-n2[nH]c(C)c(N=Nc3cc(-c4cccc(C(=O)O)c4)ccc3O)c2=O)cc1C. The van der Waals surface area contributed by atoms with Gasteiger partial charge >= 0.3 is 5.97 Å². The lowest BCUT2D eigenvalue weighted by molar-refractivity contribution is 0.0697. The summed E-state index contributed by atoms with van der Waals surface area (Å²) in [5.74, 6) is -1.14. The first-order valence-corrected chi connectivity index (χ1v) is 10.2. The van der Waals surface area contributed by atoms with E-state index in [-0.39, 0.29) is 28.2 Å². The highest BCUT2D eigenvalue weighted by Crippen LogP contribution is 2.33. The van der Waals surface area contributed by atoms with Crippen LogP contribution in [0.3, 0.4) is 0 Å². The monoisotopic (exact) mass is 442 g/mol. The van der Waals surface area contributed by atoms with Crippen LogP contribution in [0.1, 0.15) is 27.2 Å². The molecule has 0 aliphatic carbocycles. The Kier molecular flexibility index (Phi) is 5.66. The zero-order valence-electron chi connectivity index (χ0n) is 18.3. The molecule has 8 heteroatoms. The number of aromatic amines is 1. The maximum absolute atomic E-state index is 12.9. The quantitative estimate of drug-likeness (QED) is 0.350. The topological polar surface area (TPSA) is 120 Å². The maximum atomic E-state index is 12.9. The van der Waals surface area contributed by atoms with Crippen LogP contribution in [0, 0.1) is 20.8 Å². The Balaban J connectivity index is 1.70. The first-order chi connectivity index (χ1) is 15.7. The summed E-state index contributed by atoms with van der Waals surface area (Å²) in [4.78, 5) is 24.2.